The highest BCUT2D eigenvalue weighted by Gasteiger charge is 2.13. The van der Waals surface area contributed by atoms with E-state index in [1.807, 2.05) is 0 Å². The summed E-state index contributed by atoms with van der Waals surface area (Å²) in [6, 6.07) is 6.21. The summed E-state index contributed by atoms with van der Waals surface area (Å²) in [6.07, 6.45) is 0.371. The van der Waals surface area contributed by atoms with Crippen molar-refractivity contribution in [1.29, 1.82) is 0 Å². The molecule has 0 N–H and O–H groups in total. The lowest BCUT2D eigenvalue weighted by atomic mass is 10.2. The van der Waals surface area contributed by atoms with Gasteiger partial charge in [0.1, 0.15) is 5.82 Å². The quantitative estimate of drug-likeness (QED) is 0.778. The molecule has 0 bridgehead atoms. The highest BCUT2D eigenvalue weighted by molar-refractivity contribution is 5.79. The second-order valence-electron chi connectivity index (χ2n) is 3.45. The van der Waals surface area contributed by atoms with Gasteiger partial charge in [-0.15, -0.1) is 0 Å². The van der Waals surface area contributed by atoms with Crippen molar-refractivity contribution in [2.45, 2.75) is 0 Å². The molecule has 2 aromatic rings. The fourth-order valence-electron chi connectivity index (χ4n) is 1.39. The van der Waals surface area contributed by atoms with Crippen LogP contribution in [0.2, 0.25) is 0 Å². The lowest BCUT2D eigenvalue weighted by Crippen LogP contribution is -1.96. The number of ether oxygens (including phenoxy) is 1. The van der Waals surface area contributed by atoms with Gasteiger partial charge in [-0.3, -0.25) is 4.79 Å². The van der Waals surface area contributed by atoms with Gasteiger partial charge >= 0.3 is 0 Å². The van der Waals surface area contributed by atoms with Crippen molar-refractivity contribution >= 4 is 6.29 Å². The summed E-state index contributed by atoms with van der Waals surface area (Å²) >= 11 is 0. The third-order valence-electron chi connectivity index (χ3n) is 2.23. The minimum atomic E-state index is -0.850. The molecule has 2 rings (SSSR count). The molecule has 0 amide bonds. The van der Waals surface area contributed by atoms with Gasteiger partial charge in [-0.05, 0) is 24.3 Å². The van der Waals surface area contributed by atoms with Crippen LogP contribution in [-0.2, 0) is 0 Å². The van der Waals surface area contributed by atoms with Crippen LogP contribution in [0.15, 0.2) is 36.4 Å². The number of benzene rings is 2. The molecule has 0 unspecified atom stereocenters. The molecule has 0 saturated carbocycles. The van der Waals surface area contributed by atoms with Crippen LogP contribution in [0.4, 0.5) is 13.2 Å². The molecule has 5 heteroatoms. The lowest BCUT2D eigenvalue weighted by Gasteiger charge is -2.09. The van der Waals surface area contributed by atoms with E-state index in [9.17, 15) is 18.0 Å². The molecule has 18 heavy (non-hydrogen) atoms. The summed E-state index contributed by atoms with van der Waals surface area (Å²) in [5, 5.41) is 0. The van der Waals surface area contributed by atoms with Crippen LogP contribution >= 0.6 is 0 Å². The number of aldehydes is 1. The molecule has 0 aliphatic rings. The Kier molecular flexibility index (Phi) is 3.32. The Bertz CT molecular complexity index is 597. The van der Waals surface area contributed by atoms with Gasteiger partial charge in [-0.25, -0.2) is 13.2 Å². The molecule has 92 valence electrons. The van der Waals surface area contributed by atoms with E-state index in [4.69, 9.17) is 4.74 Å². The van der Waals surface area contributed by atoms with Gasteiger partial charge in [0, 0.05) is 6.07 Å². The van der Waals surface area contributed by atoms with Crippen LogP contribution in [0.3, 0.4) is 0 Å². The monoisotopic (exact) mass is 252 g/mol. The number of hydrogen-bond acceptors (Lipinski definition) is 2. The third kappa shape index (κ3) is 2.34. The van der Waals surface area contributed by atoms with Crippen molar-refractivity contribution in [1.82, 2.24) is 0 Å². The van der Waals surface area contributed by atoms with Crippen LogP contribution < -0.4 is 4.74 Å². The van der Waals surface area contributed by atoms with Gasteiger partial charge in [0.2, 0.25) is 0 Å². The Labute approximate surface area is 101 Å². The third-order valence-corrected chi connectivity index (χ3v) is 2.23. The Morgan fingerprint density at radius 3 is 2.50 bits per heavy atom. The standard InChI is InChI=1S/C13H7F3O2/c14-9-4-5-10(15)12(6-9)18-13-8(7-17)2-1-3-11(13)16/h1-7H. The predicted molar refractivity (Wildman–Crippen MR) is 58.2 cm³/mol. The van der Waals surface area contributed by atoms with E-state index in [1.165, 1.54) is 12.1 Å². The second-order valence-corrected chi connectivity index (χ2v) is 3.45. The molecular formula is C13H7F3O2. The first kappa shape index (κ1) is 12.2. The van der Waals surface area contributed by atoms with E-state index in [0.717, 1.165) is 24.3 Å². The average molecular weight is 252 g/mol. The fourth-order valence-corrected chi connectivity index (χ4v) is 1.39. The first-order valence-electron chi connectivity index (χ1n) is 4.98. The van der Waals surface area contributed by atoms with Gasteiger partial charge in [-0.2, -0.15) is 0 Å². The fraction of sp³-hybridized carbons (Fsp3) is 0. The summed E-state index contributed by atoms with van der Waals surface area (Å²) in [7, 11) is 0. The minimum absolute atomic E-state index is 0.0846. The van der Waals surface area contributed by atoms with Crippen molar-refractivity contribution in [2.24, 2.45) is 0 Å². The smallest absolute Gasteiger partial charge is 0.173 e. The summed E-state index contributed by atoms with van der Waals surface area (Å²) in [5.74, 6) is -3.32. The average Bonchev–Trinajstić information content (AvgIpc) is 2.36. The first-order valence-corrected chi connectivity index (χ1v) is 4.98. The van der Waals surface area contributed by atoms with Crippen LogP contribution in [0, 0.1) is 17.5 Å². The Morgan fingerprint density at radius 1 is 1.00 bits per heavy atom. The molecule has 2 aromatic carbocycles. The molecule has 0 aliphatic heterocycles. The summed E-state index contributed by atoms with van der Waals surface area (Å²) < 4.78 is 44.6. The van der Waals surface area contributed by atoms with Crippen molar-refractivity contribution in [3.63, 3.8) is 0 Å². The zero-order chi connectivity index (χ0) is 13.1. The molecule has 0 fully saturated rings. The van der Waals surface area contributed by atoms with Crippen LogP contribution in [0.25, 0.3) is 0 Å². The molecule has 0 aromatic heterocycles. The molecule has 0 atom stereocenters. The van der Waals surface area contributed by atoms with Crippen LogP contribution in [0.1, 0.15) is 10.4 Å². The maximum Gasteiger partial charge on any atom is 0.173 e. The summed E-state index contributed by atoms with van der Waals surface area (Å²) in [6.45, 7) is 0. The van der Waals surface area contributed by atoms with E-state index < -0.39 is 29.0 Å². The summed E-state index contributed by atoms with van der Waals surface area (Å²) in [5.41, 5.74) is -0.0846. The molecule has 0 aliphatic carbocycles. The second kappa shape index (κ2) is 4.91. The summed E-state index contributed by atoms with van der Waals surface area (Å²) in [4.78, 5) is 10.7. The number of hydrogen-bond donors (Lipinski definition) is 0. The minimum Gasteiger partial charge on any atom is -0.450 e. The predicted octanol–water partition coefficient (Wildman–Crippen LogP) is 3.71. The first-order chi connectivity index (χ1) is 8.61. The molecular weight excluding hydrogens is 245 g/mol. The molecule has 2 nitrogen and oxygen atoms in total. The Balaban J connectivity index is 2.45. The van der Waals surface area contributed by atoms with Crippen molar-refractivity contribution in [2.75, 3.05) is 0 Å². The van der Waals surface area contributed by atoms with Gasteiger partial charge in [0.15, 0.2) is 29.4 Å². The van der Waals surface area contributed by atoms with Crippen molar-refractivity contribution < 1.29 is 22.7 Å². The van der Waals surface area contributed by atoms with Crippen molar-refractivity contribution in [3.8, 4) is 11.5 Å². The maximum absolute atomic E-state index is 13.5. The highest BCUT2D eigenvalue weighted by Crippen LogP contribution is 2.29. The number of rotatable bonds is 3. The normalized spacial score (nSPS) is 10.2. The van der Waals surface area contributed by atoms with Gasteiger partial charge in [0.25, 0.3) is 0 Å². The van der Waals surface area contributed by atoms with Crippen molar-refractivity contribution in [3.05, 3.63) is 59.4 Å². The Hall–Kier alpha value is -2.30. The Morgan fingerprint density at radius 2 is 1.78 bits per heavy atom. The molecule has 0 heterocycles. The number of carbonyl (C=O) groups is 1. The largest absolute Gasteiger partial charge is 0.450 e. The van der Waals surface area contributed by atoms with Crippen LogP contribution in [0.5, 0.6) is 11.5 Å². The van der Waals surface area contributed by atoms with Crippen LogP contribution in [-0.4, -0.2) is 6.29 Å². The number of para-hydroxylation sites is 1. The SMILES string of the molecule is O=Cc1cccc(F)c1Oc1cc(F)ccc1F. The van der Waals surface area contributed by atoms with E-state index in [-0.39, 0.29) is 5.56 Å². The maximum atomic E-state index is 13.5. The van der Waals surface area contributed by atoms with Gasteiger partial charge in [0.05, 0.1) is 5.56 Å². The number of halogens is 3. The van der Waals surface area contributed by atoms with E-state index in [0.29, 0.717) is 6.29 Å². The van der Waals surface area contributed by atoms with E-state index >= 15 is 0 Å². The van der Waals surface area contributed by atoms with Gasteiger partial charge < -0.3 is 4.74 Å². The van der Waals surface area contributed by atoms with Gasteiger partial charge in [-0.1, -0.05) is 6.07 Å². The lowest BCUT2D eigenvalue weighted by molar-refractivity contribution is 0.112. The number of carbonyl (C=O) groups excluding carboxylic acids is 1. The highest BCUT2D eigenvalue weighted by atomic mass is 19.1. The molecule has 0 saturated heterocycles. The van der Waals surface area contributed by atoms with E-state index in [1.54, 1.807) is 0 Å². The zero-order valence-electron chi connectivity index (χ0n) is 8.99. The topological polar surface area (TPSA) is 26.3 Å². The van der Waals surface area contributed by atoms with E-state index in [2.05, 4.69) is 0 Å². The molecule has 0 spiro atoms. The molecule has 0 radical (unpaired) electrons. The zero-order valence-corrected chi connectivity index (χ0v) is 8.99.